The SMILES string of the molecule is COCCC(=O)N(C)C[C@H]1[C@H](C(=O)Nc2ccc(Br)cc2)[C@@H]2C=C[C@H]1C21CC1. The molecule has 1 spiro atoms. The highest BCUT2D eigenvalue weighted by molar-refractivity contribution is 9.10. The Labute approximate surface area is 174 Å². The molecule has 0 aliphatic heterocycles. The van der Waals surface area contributed by atoms with Crippen molar-refractivity contribution in [1.82, 2.24) is 4.90 Å². The van der Waals surface area contributed by atoms with Gasteiger partial charge in [-0.2, -0.15) is 0 Å². The van der Waals surface area contributed by atoms with Crippen LogP contribution in [0.2, 0.25) is 0 Å². The van der Waals surface area contributed by atoms with Gasteiger partial charge in [-0.15, -0.1) is 0 Å². The zero-order chi connectivity index (χ0) is 19.9. The Balaban J connectivity index is 1.50. The zero-order valence-corrected chi connectivity index (χ0v) is 17.9. The number of amides is 2. The number of ether oxygens (including phenoxy) is 1. The molecule has 6 heteroatoms. The summed E-state index contributed by atoms with van der Waals surface area (Å²) in [6.07, 6.45) is 7.32. The Morgan fingerprint density at radius 3 is 2.54 bits per heavy atom. The zero-order valence-electron chi connectivity index (χ0n) is 16.4. The molecule has 0 saturated heterocycles. The van der Waals surface area contributed by atoms with Crippen LogP contribution < -0.4 is 5.32 Å². The number of anilines is 1. The largest absolute Gasteiger partial charge is 0.384 e. The van der Waals surface area contributed by atoms with Crippen LogP contribution in [-0.2, 0) is 14.3 Å². The number of nitrogens with one attached hydrogen (secondary N) is 1. The van der Waals surface area contributed by atoms with Gasteiger partial charge >= 0.3 is 0 Å². The summed E-state index contributed by atoms with van der Waals surface area (Å²) in [6, 6.07) is 7.68. The molecule has 28 heavy (non-hydrogen) atoms. The number of rotatable bonds is 7. The first-order valence-electron chi connectivity index (χ1n) is 9.94. The van der Waals surface area contributed by atoms with E-state index in [-0.39, 0.29) is 29.1 Å². The lowest BCUT2D eigenvalue weighted by Gasteiger charge is -2.31. The number of halogens is 1. The van der Waals surface area contributed by atoms with Gasteiger partial charge in [0.1, 0.15) is 0 Å². The highest BCUT2D eigenvalue weighted by atomic mass is 79.9. The number of methoxy groups -OCH3 is 1. The fourth-order valence-electron chi connectivity index (χ4n) is 5.33. The van der Waals surface area contributed by atoms with Crippen LogP contribution >= 0.6 is 15.9 Å². The minimum atomic E-state index is -0.0844. The van der Waals surface area contributed by atoms with Crippen LogP contribution in [-0.4, -0.2) is 44.0 Å². The van der Waals surface area contributed by atoms with Crippen molar-refractivity contribution < 1.29 is 14.3 Å². The predicted molar refractivity (Wildman–Crippen MR) is 112 cm³/mol. The van der Waals surface area contributed by atoms with Crippen LogP contribution in [0, 0.1) is 29.1 Å². The molecule has 1 aromatic carbocycles. The van der Waals surface area contributed by atoms with Crippen molar-refractivity contribution in [2.45, 2.75) is 19.3 Å². The lowest BCUT2D eigenvalue weighted by molar-refractivity contribution is -0.133. The van der Waals surface area contributed by atoms with E-state index in [1.807, 2.05) is 31.3 Å². The fraction of sp³-hybridized carbons (Fsp3) is 0.545. The first kappa shape index (κ1) is 19.6. The summed E-state index contributed by atoms with van der Waals surface area (Å²) in [5.74, 6) is 0.929. The van der Waals surface area contributed by atoms with E-state index < -0.39 is 0 Å². The number of hydrogen-bond acceptors (Lipinski definition) is 3. The topological polar surface area (TPSA) is 58.6 Å². The Bertz CT molecular complexity index is 787. The van der Waals surface area contributed by atoms with E-state index in [0.29, 0.717) is 31.4 Å². The van der Waals surface area contributed by atoms with Gasteiger partial charge in [-0.05, 0) is 60.3 Å². The Morgan fingerprint density at radius 2 is 1.89 bits per heavy atom. The van der Waals surface area contributed by atoms with Crippen LogP contribution in [0.1, 0.15) is 19.3 Å². The average Bonchev–Trinajstić information content (AvgIpc) is 3.35. The van der Waals surface area contributed by atoms with E-state index in [0.717, 1.165) is 10.2 Å². The van der Waals surface area contributed by atoms with Crippen molar-refractivity contribution in [1.29, 1.82) is 0 Å². The summed E-state index contributed by atoms with van der Waals surface area (Å²) >= 11 is 3.43. The Hall–Kier alpha value is -1.66. The van der Waals surface area contributed by atoms with Crippen molar-refractivity contribution in [3.05, 3.63) is 40.9 Å². The van der Waals surface area contributed by atoms with Crippen molar-refractivity contribution >= 4 is 33.4 Å². The highest BCUT2D eigenvalue weighted by Crippen LogP contribution is 2.72. The lowest BCUT2D eigenvalue weighted by Crippen LogP contribution is -2.40. The average molecular weight is 447 g/mol. The van der Waals surface area contributed by atoms with Gasteiger partial charge in [0, 0.05) is 30.9 Å². The third-order valence-corrected chi connectivity index (χ3v) is 7.36. The minimum absolute atomic E-state index is 0.0746. The molecular formula is C22H27BrN2O3. The standard InChI is InChI=1S/C22H27BrN2O3/c1-25(19(26)9-12-28-2)13-16-17-7-8-18(22(17)10-11-22)20(16)21(27)24-15-5-3-14(23)4-6-15/h3-8,16-18,20H,9-13H2,1-2H3,(H,24,27)/t16-,17-,18+,20+/m1/s1. The van der Waals surface area contributed by atoms with E-state index in [2.05, 4.69) is 33.4 Å². The molecule has 0 unspecified atom stereocenters. The lowest BCUT2D eigenvalue weighted by atomic mass is 9.82. The van der Waals surface area contributed by atoms with Gasteiger partial charge in [-0.1, -0.05) is 28.1 Å². The number of benzene rings is 1. The molecular weight excluding hydrogens is 420 g/mol. The molecule has 1 N–H and O–H groups in total. The monoisotopic (exact) mass is 446 g/mol. The van der Waals surface area contributed by atoms with Crippen molar-refractivity contribution in [3.8, 4) is 0 Å². The van der Waals surface area contributed by atoms with Gasteiger partial charge in [0.05, 0.1) is 18.9 Å². The van der Waals surface area contributed by atoms with Crippen LogP contribution in [0.15, 0.2) is 40.9 Å². The molecule has 2 amide bonds. The summed E-state index contributed by atoms with van der Waals surface area (Å²) in [7, 11) is 3.45. The molecule has 150 valence electrons. The maximum Gasteiger partial charge on any atom is 0.228 e. The fourth-order valence-corrected chi connectivity index (χ4v) is 5.60. The number of nitrogens with zero attached hydrogens (tertiary/aromatic N) is 1. The quantitative estimate of drug-likeness (QED) is 0.649. The highest BCUT2D eigenvalue weighted by Gasteiger charge is 2.68. The summed E-state index contributed by atoms with van der Waals surface area (Å²) in [5, 5.41) is 3.11. The van der Waals surface area contributed by atoms with Crippen LogP contribution in [0.4, 0.5) is 5.69 Å². The molecule has 1 aromatic rings. The Morgan fingerprint density at radius 1 is 1.21 bits per heavy atom. The molecule has 0 aromatic heterocycles. The van der Waals surface area contributed by atoms with Gasteiger partial charge in [0.2, 0.25) is 11.8 Å². The van der Waals surface area contributed by atoms with Crippen molar-refractivity contribution in [2.75, 3.05) is 32.6 Å². The van der Waals surface area contributed by atoms with Gasteiger partial charge in [0.15, 0.2) is 0 Å². The van der Waals surface area contributed by atoms with E-state index in [1.165, 1.54) is 12.8 Å². The molecule has 3 aliphatic carbocycles. The molecule has 2 bridgehead atoms. The minimum Gasteiger partial charge on any atom is -0.384 e. The van der Waals surface area contributed by atoms with Gasteiger partial charge < -0.3 is 15.0 Å². The van der Waals surface area contributed by atoms with Crippen molar-refractivity contribution in [3.63, 3.8) is 0 Å². The number of carbonyl (C=O) groups is 2. The Kier molecular flexibility index (Phi) is 5.36. The summed E-state index contributed by atoms with van der Waals surface area (Å²) in [4.78, 5) is 27.4. The van der Waals surface area contributed by atoms with Gasteiger partial charge in [0.25, 0.3) is 0 Å². The molecule has 2 fully saturated rings. The molecule has 3 aliphatic rings. The van der Waals surface area contributed by atoms with Crippen LogP contribution in [0.5, 0.6) is 0 Å². The molecule has 5 nitrogen and oxygen atoms in total. The number of hydrogen-bond donors (Lipinski definition) is 1. The maximum atomic E-state index is 13.3. The second kappa shape index (κ2) is 7.64. The first-order chi connectivity index (χ1) is 13.5. The van der Waals surface area contributed by atoms with Crippen LogP contribution in [0.3, 0.4) is 0 Å². The molecule has 0 heterocycles. The summed E-state index contributed by atoms with van der Waals surface area (Å²) < 4.78 is 6.02. The third-order valence-electron chi connectivity index (χ3n) is 6.84. The van der Waals surface area contributed by atoms with Gasteiger partial charge in [-0.3, -0.25) is 9.59 Å². The molecule has 4 rings (SSSR count). The second-order valence-corrected chi connectivity index (χ2v) is 9.29. The van der Waals surface area contributed by atoms with Crippen molar-refractivity contribution in [2.24, 2.45) is 29.1 Å². The number of carbonyl (C=O) groups excluding carboxylic acids is 2. The maximum absolute atomic E-state index is 13.3. The summed E-state index contributed by atoms with van der Waals surface area (Å²) in [6.45, 7) is 1.05. The third kappa shape index (κ3) is 3.41. The predicted octanol–water partition coefficient (Wildman–Crippen LogP) is 3.71. The smallest absolute Gasteiger partial charge is 0.228 e. The number of allylic oxidation sites excluding steroid dienone is 2. The molecule has 2 saturated carbocycles. The summed E-state index contributed by atoms with van der Waals surface area (Å²) in [5.41, 5.74) is 1.08. The molecule has 4 atom stereocenters. The van der Waals surface area contributed by atoms with E-state index in [9.17, 15) is 9.59 Å². The van der Waals surface area contributed by atoms with E-state index in [1.54, 1.807) is 12.0 Å². The van der Waals surface area contributed by atoms with Gasteiger partial charge in [-0.25, -0.2) is 0 Å². The second-order valence-electron chi connectivity index (χ2n) is 8.37. The molecule has 0 radical (unpaired) electrons. The van der Waals surface area contributed by atoms with Crippen LogP contribution in [0.25, 0.3) is 0 Å². The first-order valence-corrected chi connectivity index (χ1v) is 10.7. The van der Waals surface area contributed by atoms with E-state index >= 15 is 0 Å². The van der Waals surface area contributed by atoms with E-state index in [4.69, 9.17) is 4.74 Å². The normalized spacial score (nSPS) is 28.5.